The van der Waals surface area contributed by atoms with E-state index in [1.807, 2.05) is 14.1 Å². The summed E-state index contributed by atoms with van der Waals surface area (Å²) in [6.07, 6.45) is 25.8. The Kier molecular flexibility index (Phi) is 17.2. The number of hydrogen-bond acceptors (Lipinski definition) is 3. The molecule has 2 atom stereocenters. The fraction of sp³-hybridized carbons (Fsp3) is 0.966. The first kappa shape index (κ1) is 31.4. The van der Waals surface area contributed by atoms with E-state index in [1.54, 1.807) is 0 Å². The molecule has 0 aliphatic carbocycles. The first-order valence-electron chi connectivity index (χ1n) is 14.7. The molecule has 5 heteroatoms. The van der Waals surface area contributed by atoms with Gasteiger partial charge in [0, 0.05) is 6.42 Å². The number of nitrogens with zero attached hydrogens (tertiary/aromatic N) is 1. The molecule has 0 radical (unpaired) electrons. The highest BCUT2D eigenvalue weighted by molar-refractivity contribution is 5.67. The number of quaternary nitrogens is 1. The van der Waals surface area contributed by atoms with Crippen LogP contribution in [0.2, 0.25) is 0 Å². The molecule has 202 valence electrons. The van der Waals surface area contributed by atoms with E-state index in [0.717, 1.165) is 12.8 Å². The zero-order valence-corrected chi connectivity index (χ0v) is 23.0. The molecule has 1 aliphatic rings. The summed E-state index contributed by atoms with van der Waals surface area (Å²) in [4.78, 5) is 11.1. The Balaban J connectivity index is 1.91. The van der Waals surface area contributed by atoms with Gasteiger partial charge in [-0.1, -0.05) is 122 Å². The van der Waals surface area contributed by atoms with Gasteiger partial charge in [0.05, 0.1) is 20.5 Å². The lowest BCUT2D eigenvalue weighted by Crippen LogP contribution is -2.62. The van der Waals surface area contributed by atoms with Gasteiger partial charge in [0.25, 0.3) is 0 Å². The highest BCUT2D eigenvalue weighted by Gasteiger charge is 2.45. The van der Waals surface area contributed by atoms with E-state index in [0.29, 0.717) is 24.0 Å². The lowest BCUT2D eigenvalue weighted by molar-refractivity contribution is -0.915. The minimum Gasteiger partial charge on any atom is -0.481 e. The first-order valence-corrected chi connectivity index (χ1v) is 14.7. The molecule has 0 amide bonds. The molecule has 1 saturated heterocycles. The van der Waals surface area contributed by atoms with Crippen LogP contribution in [0.15, 0.2) is 0 Å². The third-order valence-electron chi connectivity index (χ3n) is 7.33. The van der Waals surface area contributed by atoms with Crippen molar-refractivity contribution in [3.63, 3.8) is 0 Å². The van der Waals surface area contributed by atoms with E-state index in [1.165, 1.54) is 109 Å². The van der Waals surface area contributed by atoms with Gasteiger partial charge in [0.2, 0.25) is 5.79 Å². The molecular formula is C29H58NO4+. The van der Waals surface area contributed by atoms with E-state index in [9.17, 15) is 9.90 Å². The molecule has 0 aromatic heterocycles. The fourth-order valence-electron chi connectivity index (χ4n) is 5.59. The summed E-state index contributed by atoms with van der Waals surface area (Å²) in [6.45, 7) is 3.45. The van der Waals surface area contributed by atoms with Crippen molar-refractivity contribution in [3.05, 3.63) is 0 Å². The number of carboxylic acid groups (broad SMARTS) is 1. The largest absolute Gasteiger partial charge is 0.481 e. The van der Waals surface area contributed by atoms with Crippen molar-refractivity contribution in [2.75, 3.05) is 27.2 Å². The smallest absolute Gasteiger partial charge is 0.306 e. The van der Waals surface area contributed by atoms with Crippen LogP contribution in [0.1, 0.15) is 142 Å². The Morgan fingerprint density at radius 1 is 0.765 bits per heavy atom. The van der Waals surface area contributed by atoms with Crippen LogP contribution in [0, 0.1) is 0 Å². The Morgan fingerprint density at radius 3 is 1.53 bits per heavy atom. The molecule has 0 aromatic rings. The number of ether oxygens (including phenoxy) is 1. The van der Waals surface area contributed by atoms with Crippen LogP contribution in [0.5, 0.6) is 0 Å². The monoisotopic (exact) mass is 484 g/mol. The topological polar surface area (TPSA) is 66.8 Å². The number of morpholine rings is 1. The van der Waals surface area contributed by atoms with Crippen molar-refractivity contribution in [3.8, 4) is 0 Å². The van der Waals surface area contributed by atoms with Crippen molar-refractivity contribution in [2.45, 2.75) is 154 Å². The zero-order chi connectivity index (χ0) is 25.1. The molecule has 1 fully saturated rings. The number of aliphatic hydroxyl groups is 1. The van der Waals surface area contributed by atoms with E-state index >= 15 is 0 Å². The molecule has 0 bridgehead atoms. The summed E-state index contributed by atoms with van der Waals surface area (Å²) in [5, 5.41) is 20.0. The number of carbonyl (C=O) groups is 1. The first-order chi connectivity index (χ1) is 16.3. The normalized spacial score (nSPS) is 22.2. The van der Waals surface area contributed by atoms with Gasteiger partial charge in [-0.05, 0) is 6.42 Å². The lowest BCUT2D eigenvalue weighted by atomic mass is 10.0. The fourth-order valence-corrected chi connectivity index (χ4v) is 5.59. The quantitative estimate of drug-likeness (QED) is 0.124. The molecule has 1 aliphatic heterocycles. The average Bonchev–Trinajstić information content (AvgIpc) is 2.73. The second-order valence-electron chi connectivity index (χ2n) is 11.7. The van der Waals surface area contributed by atoms with Crippen LogP contribution in [0.25, 0.3) is 0 Å². The van der Waals surface area contributed by atoms with Crippen molar-refractivity contribution >= 4 is 5.97 Å². The van der Waals surface area contributed by atoms with E-state index in [2.05, 4.69) is 6.92 Å². The van der Waals surface area contributed by atoms with Gasteiger partial charge in [-0.3, -0.25) is 4.79 Å². The zero-order valence-electron chi connectivity index (χ0n) is 23.0. The number of aliphatic carboxylic acids is 1. The molecule has 5 nitrogen and oxygen atoms in total. The van der Waals surface area contributed by atoms with Crippen LogP contribution < -0.4 is 0 Å². The number of carboxylic acids is 1. The second kappa shape index (κ2) is 18.6. The maximum Gasteiger partial charge on any atom is 0.306 e. The Hall–Kier alpha value is -0.650. The number of rotatable bonds is 22. The molecule has 0 spiro atoms. The third kappa shape index (κ3) is 16.9. The predicted molar refractivity (Wildman–Crippen MR) is 142 cm³/mol. The summed E-state index contributed by atoms with van der Waals surface area (Å²) >= 11 is 0. The molecule has 0 unspecified atom stereocenters. The molecule has 2 N–H and O–H groups in total. The minimum atomic E-state index is -1.18. The summed E-state index contributed by atoms with van der Waals surface area (Å²) < 4.78 is 6.42. The highest BCUT2D eigenvalue weighted by atomic mass is 16.6. The Bertz CT molecular complexity index is 510. The predicted octanol–water partition coefficient (Wildman–Crippen LogP) is 7.45. The highest BCUT2D eigenvalue weighted by Crippen LogP contribution is 2.29. The standard InChI is InChI=1S/C29H57NO4/c1-4-5-6-7-8-9-10-11-12-13-14-15-16-17-18-19-20-21-22-23-29(33)26-30(2,3)25-27(34-29)24-28(31)32/h27,33H,4-26H2,1-3H3/p+1/t27-,29+/m1/s1. The van der Waals surface area contributed by atoms with Crippen molar-refractivity contribution in [1.82, 2.24) is 0 Å². The van der Waals surface area contributed by atoms with Gasteiger partial charge in [0.15, 0.2) is 0 Å². The maximum absolute atomic E-state index is 11.1. The Labute approximate surface area is 211 Å². The second-order valence-corrected chi connectivity index (χ2v) is 11.7. The molecule has 0 saturated carbocycles. The van der Waals surface area contributed by atoms with Gasteiger partial charge in [-0.15, -0.1) is 0 Å². The summed E-state index contributed by atoms with van der Waals surface area (Å²) in [5.41, 5.74) is 0. The van der Waals surface area contributed by atoms with Crippen molar-refractivity contribution in [1.29, 1.82) is 0 Å². The SMILES string of the molecule is CCCCCCCCCCCCCCCCCCCCC[C@@]1(O)C[N+](C)(C)C[C@@H](CC(=O)O)O1. The van der Waals surface area contributed by atoms with E-state index < -0.39 is 17.9 Å². The average molecular weight is 485 g/mol. The van der Waals surface area contributed by atoms with Crippen LogP contribution in [0.4, 0.5) is 0 Å². The van der Waals surface area contributed by atoms with E-state index in [4.69, 9.17) is 9.84 Å². The molecule has 34 heavy (non-hydrogen) atoms. The molecule has 0 aromatic carbocycles. The lowest BCUT2D eigenvalue weighted by Gasteiger charge is -2.46. The summed E-state index contributed by atoms with van der Waals surface area (Å²) in [6, 6.07) is 0. The van der Waals surface area contributed by atoms with Crippen LogP contribution in [-0.4, -0.2) is 59.7 Å². The third-order valence-corrected chi connectivity index (χ3v) is 7.33. The molecular weight excluding hydrogens is 426 g/mol. The van der Waals surface area contributed by atoms with Crippen molar-refractivity contribution in [2.24, 2.45) is 0 Å². The van der Waals surface area contributed by atoms with Gasteiger partial charge >= 0.3 is 5.97 Å². The van der Waals surface area contributed by atoms with Crippen molar-refractivity contribution < 1.29 is 24.2 Å². The van der Waals surface area contributed by atoms with Crippen LogP contribution in [0.3, 0.4) is 0 Å². The maximum atomic E-state index is 11.1. The number of unbranched alkanes of at least 4 members (excludes halogenated alkanes) is 18. The van der Waals surface area contributed by atoms with E-state index in [-0.39, 0.29) is 6.42 Å². The van der Waals surface area contributed by atoms with Crippen LogP contribution in [-0.2, 0) is 9.53 Å². The summed E-state index contributed by atoms with van der Waals surface area (Å²) in [7, 11) is 4.08. The minimum absolute atomic E-state index is 0.0385. The summed E-state index contributed by atoms with van der Waals surface area (Å²) in [5.74, 6) is -2.05. The van der Waals surface area contributed by atoms with Gasteiger partial charge < -0.3 is 19.4 Å². The van der Waals surface area contributed by atoms with Crippen LogP contribution >= 0.6 is 0 Å². The van der Waals surface area contributed by atoms with Gasteiger partial charge in [0.1, 0.15) is 19.2 Å². The van der Waals surface area contributed by atoms with Gasteiger partial charge in [-0.2, -0.15) is 0 Å². The molecule has 1 heterocycles. The number of likely N-dealkylation sites (N-methyl/N-ethyl adjacent to an activating group) is 1. The number of hydrogen-bond donors (Lipinski definition) is 2. The molecule has 1 rings (SSSR count). The van der Waals surface area contributed by atoms with Gasteiger partial charge in [-0.25, -0.2) is 0 Å². The Morgan fingerprint density at radius 2 is 1.15 bits per heavy atom.